The largest absolute Gasteiger partial charge is 0.355 e. The molecule has 3 aliphatic rings. The summed E-state index contributed by atoms with van der Waals surface area (Å²) in [5, 5.41) is 5.48. The molecule has 0 unspecified atom stereocenters. The molecule has 3 aliphatic carbocycles. The highest BCUT2D eigenvalue weighted by Gasteiger charge is 2.35. The van der Waals surface area contributed by atoms with Gasteiger partial charge in [0, 0.05) is 32.0 Å². The van der Waals surface area contributed by atoms with Gasteiger partial charge in [-0.15, -0.1) is 0 Å². The smallest absolute Gasteiger partial charge is 0.256 e. The lowest BCUT2D eigenvalue weighted by Crippen LogP contribution is -2.37. The molecule has 2 amide bonds. The number of fused-ring (bicyclic) bond motifs is 2. The number of nitrogens with one attached hydrogen (secondary N) is 2. The molecule has 1 aromatic heterocycles. The Balaban J connectivity index is 1.56. The van der Waals surface area contributed by atoms with Crippen LogP contribution in [-0.4, -0.2) is 30.0 Å². The number of hydrogen-bond donors (Lipinski definition) is 2. The van der Waals surface area contributed by atoms with E-state index in [9.17, 15) is 14.4 Å². The summed E-state index contributed by atoms with van der Waals surface area (Å²) in [5.41, 5.74) is -0.370. The monoisotopic (exact) mass is 383 g/mol. The number of rotatable bonds is 5. The lowest BCUT2D eigenvalue weighted by Gasteiger charge is -2.25. The van der Waals surface area contributed by atoms with Crippen LogP contribution in [-0.2, 0) is 0 Å². The van der Waals surface area contributed by atoms with Gasteiger partial charge < -0.3 is 15.2 Å². The molecule has 2 bridgehead atoms. The first-order valence-electron chi connectivity index (χ1n) is 10.5. The number of pyridine rings is 1. The van der Waals surface area contributed by atoms with Crippen LogP contribution in [0.3, 0.4) is 0 Å². The molecule has 6 nitrogen and oxygen atoms in total. The zero-order chi connectivity index (χ0) is 19.7. The molecule has 4 rings (SSSR count). The molecule has 28 heavy (non-hydrogen) atoms. The van der Waals surface area contributed by atoms with E-state index in [0.29, 0.717) is 24.3 Å². The van der Waals surface area contributed by atoms with Crippen molar-refractivity contribution in [2.24, 2.45) is 17.8 Å². The summed E-state index contributed by atoms with van der Waals surface area (Å²) in [6.07, 6.45) is 15.6. The summed E-state index contributed by atoms with van der Waals surface area (Å²) in [6.45, 7) is 0.581. The van der Waals surface area contributed by atoms with Crippen LogP contribution in [0.1, 0.15) is 71.7 Å². The Morgan fingerprint density at radius 1 is 1.04 bits per heavy atom. The van der Waals surface area contributed by atoms with Crippen LogP contribution in [0.15, 0.2) is 29.3 Å². The Labute approximate surface area is 165 Å². The van der Waals surface area contributed by atoms with Crippen LogP contribution in [0.4, 0.5) is 0 Å². The molecule has 2 saturated carbocycles. The second-order valence-corrected chi connectivity index (χ2v) is 8.48. The van der Waals surface area contributed by atoms with E-state index >= 15 is 0 Å². The Morgan fingerprint density at radius 2 is 1.75 bits per heavy atom. The quantitative estimate of drug-likeness (QED) is 0.767. The average Bonchev–Trinajstić information content (AvgIpc) is 3.35. The fourth-order valence-electron chi connectivity index (χ4n) is 5.09. The number of carbonyl (C=O) groups excluding carboxylic acids is 2. The van der Waals surface area contributed by atoms with Crippen molar-refractivity contribution in [1.29, 1.82) is 0 Å². The van der Waals surface area contributed by atoms with Crippen molar-refractivity contribution < 1.29 is 9.59 Å². The first-order chi connectivity index (χ1) is 13.6. The first kappa shape index (κ1) is 19.0. The minimum atomic E-state index is -0.489. The van der Waals surface area contributed by atoms with E-state index in [1.807, 2.05) is 4.57 Å². The summed E-state index contributed by atoms with van der Waals surface area (Å²) in [7, 11) is 1.50. The summed E-state index contributed by atoms with van der Waals surface area (Å²) in [6, 6.07) is 0.236. The fourth-order valence-corrected chi connectivity index (χ4v) is 5.09. The lowest BCUT2D eigenvalue weighted by atomic mass is 9.93. The van der Waals surface area contributed by atoms with E-state index in [1.165, 1.54) is 19.9 Å². The van der Waals surface area contributed by atoms with Gasteiger partial charge in [-0.25, -0.2) is 0 Å². The van der Waals surface area contributed by atoms with Gasteiger partial charge in [-0.1, -0.05) is 31.4 Å². The number of hydrogen-bond acceptors (Lipinski definition) is 3. The van der Waals surface area contributed by atoms with E-state index in [0.717, 1.165) is 32.1 Å². The highest BCUT2D eigenvalue weighted by atomic mass is 16.2. The summed E-state index contributed by atoms with van der Waals surface area (Å²) in [4.78, 5) is 37.9. The van der Waals surface area contributed by atoms with Crippen LogP contribution in [0, 0.1) is 17.8 Å². The van der Waals surface area contributed by atoms with Gasteiger partial charge in [0.1, 0.15) is 11.1 Å². The predicted molar refractivity (Wildman–Crippen MR) is 107 cm³/mol. The molecular formula is C22H29N3O3. The van der Waals surface area contributed by atoms with Gasteiger partial charge in [0.15, 0.2) is 0 Å². The predicted octanol–water partition coefficient (Wildman–Crippen LogP) is 2.66. The zero-order valence-corrected chi connectivity index (χ0v) is 16.4. The van der Waals surface area contributed by atoms with E-state index in [-0.39, 0.29) is 23.1 Å². The van der Waals surface area contributed by atoms with E-state index in [4.69, 9.17) is 0 Å². The van der Waals surface area contributed by atoms with Gasteiger partial charge in [-0.3, -0.25) is 14.4 Å². The zero-order valence-electron chi connectivity index (χ0n) is 16.4. The van der Waals surface area contributed by atoms with Crippen molar-refractivity contribution in [2.75, 3.05) is 13.6 Å². The van der Waals surface area contributed by atoms with Crippen LogP contribution < -0.4 is 16.1 Å². The summed E-state index contributed by atoms with van der Waals surface area (Å²) in [5.74, 6) is 0.824. The van der Waals surface area contributed by atoms with Crippen molar-refractivity contribution in [3.8, 4) is 0 Å². The van der Waals surface area contributed by atoms with Crippen LogP contribution in [0.5, 0.6) is 0 Å². The minimum Gasteiger partial charge on any atom is -0.355 e. The molecule has 0 saturated heterocycles. The molecule has 150 valence electrons. The molecular weight excluding hydrogens is 354 g/mol. The van der Waals surface area contributed by atoms with Crippen molar-refractivity contribution in [3.63, 3.8) is 0 Å². The standard InChI is InChI=1S/C22H29N3O3/c1-23-21(27)18-12-25(17-5-3-2-4-6-17)13-19(20(18)26)22(28)24-11-16-10-14-7-8-15(16)9-14/h7-8,12-17H,2-6,9-11H2,1H3,(H,23,27)(H,24,28)/t14-,15+,16-/m1/s1. The minimum absolute atomic E-state index is 0.0450. The normalized spacial score (nSPS) is 26.4. The first-order valence-corrected chi connectivity index (χ1v) is 10.5. The van der Waals surface area contributed by atoms with Gasteiger partial charge >= 0.3 is 0 Å². The number of aromatic nitrogens is 1. The number of allylic oxidation sites excluding steroid dienone is 2. The third-order valence-electron chi connectivity index (χ3n) is 6.70. The molecule has 0 radical (unpaired) electrons. The highest BCUT2D eigenvalue weighted by molar-refractivity contribution is 5.99. The maximum absolute atomic E-state index is 12.9. The average molecular weight is 383 g/mol. The van der Waals surface area contributed by atoms with Crippen molar-refractivity contribution in [1.82, 2.24) is 15.2 Å². The summed E-state index contributed by atoms with van der Waals surface area (Å²) >= 11 is 0. The van der Waals surface area contributed by atoms with Gasteiger partial charge in [-0.2, -0.15) is 0 Å². The van der Waals surface area contributed by atoms with E-state index in [2.05, 4.69) is 22.8 Å². The van der Waals surface area contributed by atoms with Gasteiger partial charge in [0.25, 0.3) is 11.8 Å². The highest BCUT2D eigenvalue weighted by Crippen LogP contribution is 2.42. The van der Waals surface area contributed by atoms with Gasteiger partial charge in [-0.05, 0) is 43.4 Å². The molecule has 1 aromatic rings. The van der Waals surface area contributed by atoms with Crippen molar-refractivity contribution in [3.05, 3.63) is 45.9 Å². The topological polar surface area (TPSA) is 80.2 Å². The Morgan fingerprint density at radius 3 is 2.36 bits per heavy atom. The molecule has 0 aromatic carbocycles. The number of nitrogens with zero attached hydrogens (tertiary/aromatic N) is 1. The molecule has 0 aliphatic heterocycles. The second-order valence-electron chi connectivity index (χ2n) is 8.48. The second kappa shape index (κ2) is 7.94. The molecule has 2 fully saturated rings. The van der Waals surface area contributed by atoms with Crippen LogP contribution >= 0.6 is 0 Å². The molecule has 1 heterocycles. The van der Waals surface area contributed by atoms with Gasteiger partial charge in [0.2, 0.25) is 5.43 Å². The van der Waals surface area contributed by atoms with Crippen molar-refractivity contribution >= 4 is 11.8 Å². The fraction of sp³-hybridized carbons (Fsp3) is 0.591. The number of carbonyl (C=O) groups is 2. The third kappa shape index (κ3) is 3.64. The Kier molecular flexibility index (Phi) is 5.38. The lowest BCUT2D eigenvalue weighted by molar-refractivity contribution is 0.0942. The molecule has 2 N–H and O–H groups in total. The van der Waals surface area contributed by atoms with Crippen LogP contribution in [0.25, 0.3) is 0 Å². The molecule has 6 heteroatoms. The summed E-state index contributed by atoms with van der Waals surface area (Å²) < 4.78 is 1.92. The van der Waals surface area contributed by atoms with E-state index < -0.39 is 11.3 Å². The maximum Gasteiger partial charge on any atom is 0.256 e. The Bertz CT molecular complexity index is 851. The third-order valence-corrected chi connectivity index (χ3v) is 6.70. The maximum atomic E-state index is 12.9. The molecule has 3 atom stereocenters. The van der Waals surface area contributed by atoms with Crippen LogP contribution in [0.2, 0.25) is 0 Å². The van der Waals surface area contributed by atoms with E-state index in [1.54, 1.807) is 12.4 Å². The Hall–Kier alpha value is -2.37. The SMILES string of the molecule is CNC(=O)c1cn(C2CCCCC2)cc(C(=O)NC[C@H]2C[C@@H]3C=C[C@H]2C3)c1=O. The molecule has 0 spiro atoms. The van der Waals surface area contributed by atoms with Crippen molar-refractivity contribution in [2.45, 2.75) is 51.0 Å². The number of amides is 2. The van der Waals surface area contributed by atoms with Gasteiger partial charge in [0.05, 0.1) is 0 Å².